The molecule has 32 heavy (non-hydrogen) atoms. The minimum atomic E-state index is -0.283. The number of hydrogen-bond acceptors (Lipinski definition) is 5. The lowest BCUT2D eigenvalue weighted by atomic mass is 9.95. The number of benzene rings is 3. The molecule has 1 aliphatic rings. The van der Waals surface area contributed by atoms with Crippen molar-refractivity contribution in [2.75, 3.05) is 23.8 Å². The van der Waals surface area contributed by atoms with Crippen LogP contribution in [-0.2, 0) is 6.42 Å². The molecule has 3 aromatic carbocycles. The van der Waals surface area contributed by atoms with Gasteiger partial charge in [-0.25, -0.2) is 0 Å². The van der Waals surface area contributed by atoms with Gasteiger partial charge in [0.1, 0.15) is 5.75 Å². The zero-order valence-corrected chi connectivity index (χ0v) is 17.7. The molecular weight excluding hydrogens is 404 g/mol. The maximum absolute atomic E-state index is 12.8. The molecule has 1 aliphatic carbocycles. The summed E-state index contributed by atoms with van der Waals surface area (Å²) >= 11 is 0. The predicted octanol–water partition coefficient (Wildman–Crippen LogP) is 4.62. The molecule has 0 atom stereocenters. The first-order valence-corrected chi connectivity index (χ1v) is 10.8. The predicted molar refractivity (Wildman–Crippen MR) is 125 cm³/mol. The van der Waals surface area contributed by atoms with E-state index in [1.807, 2.05) is 30.3 Å². The van der Waals surface area contributed by atoms with E-state index in [0.717, 1.165) is 36.2 Å². The number of para-hydroxylation sites is 1. The van der Waals surface area contributed by atoms with Gasteiger partial charge < -0.3 is 20.8 Å². The van der Waals surface area contributed by atoms with Crippen molar-refractivity contribution in [3.63, 3.8) is 0 Å². The molecule has 1 amide bonds. The number of unbranched alkanes of at least 4 members (excludes halogenated alkanes) is 1. The number of rotatable bonds is 8. The van der Waals surface area contributed by atoms with Crippen molar-refractivity contribution in [3.8, 4) is 16.9 Å². The number of anilines is 2. The molecule has 4 N–H and O–H groups in total. The molecule has 3 aromatic rings. The van der Waals surface area contributed by atoms with Crippen molar-refractivity contribution in [1.82, 2.24) is 0 Å². The second kappa shape index (κ2) is 9.66. The van der Waals surface area contributed by atoms with Gasteiger partial charge in [0.2, 0.25) is 0 Å². The number of ketones is 1. The Hall–Kier alpha value is -3.64. The molecule has 164 valence electrons. The van der Waals surface area contributed by atoms with Gasteiger partial charge in [-0.1, -0.05) is 24.3 Å². The zero-order chi connectivity index (χ0) is 22.5. The molecule has 0 saturated carbocycles. The highest BCUT2D eigenvalue weighted by Gasteiger charge is 2.27. The lowest BCUT2D eigenvalue weighted by molar-refractivity contribution is 0.0995. The number of carbonyl (C=O) groups excluding carboxylic acids is 2. The molecule has 0 fully saturated rings. The first-order valence-electron chi connectivity index (χ1n) is 10.8. The van der Waals surface area contributed by atoms with Crippen molar-refractivity contribution in [2.45, 2.75) is 25.7 Å². The van der Waals surface area contributed by atoms with Crippen molar-refractivity contribution < 1.29 is 19.8 Å². The van der Waals surface area contributed by atoms with Gasteiger partial charge >= 0.3 is 0 Å². The number of nitrogens with one attached hydrogen (secondary N) is 2. The molecule has 4 rings (SSSR count). The topological polar surface area (TPSA) is 98.7 Å². The summed E-state index contributed by atoms with van der Waals surface area (Å²) < 4.78 is 0. The minimum Gasteiger partial charge on any atom is -0.507 e. The van der Waals surface area contributed by atoms with E-state index >= 15 is 0 Å². The zero-order valence-electron chi connectivity index (χ0n) is 17.7. The van der Waals surface area contributed by atoms with Crippen molar-refractivity contribution in [1.29, 1.82) is 0 Å². The quantitative estimate of drug-likeness (QED) is 0.391. The Morgan fingerprint density at radius 3 is 2.44 bits per heavy atom. The molecule has 0 heterocycles. The SMILES string of the molecule is O=C(Nc1ccc(-c2ccccc2O)c2c1C(=O)CC2)c1ccc(NCCCCO)cc1. The fourth-order valence-corrected chi connectivity index (χ4v) is 4.05. The van der Waals surface area contributed by atoms with Gasteiger partial charge in [-0.2, -0.15) is 0 Å². The molecule has 6 nitrogen and oxygen atoms in total. The molecule has 6 heteroatoms. The number of amides is 1. The summed E-state index contributed by atoms with van der Waals surface area (Å²) in [6, 6.07) is 17.8. The Morgan fingerprint density at radius 2 is 1.69 bits per heavy atom. The second-order valence-corrected chi connectivity index (χ2v) is 7.84. The normalized spacial score (nSPS) is 12.5. The Balaban J connectivity index is 1.54. The summed E-state index contributed by atoms with van der Waals surface area (Å²) in [4.78, 5) is 25.5. The van der Waals surface area contributed by atoms with Gasteiger partial charge in [-0.15, -0.1) is 0 Å². The average molecular weight is 431 g/mol. The fraction of sp³-hybridized carbons (Fsp3) is 0.231. The molecule has 0 spiro atoms. The molecule has 0 aliphatic heterocycles. The number of Topliss-reactive ketones (excluding diaryl/α,β-unsaturated/α-hetero) is 1. The van der Waals surface area contributed by atoms with Gasteiger partial charge in [0.05, 0.1) is 5.69 Å². The number of aromatic hydroxyl groups is 1. The number of hydrogen-bond donors (Lipinski definition) is 4. The summed E-state index contributed by atoms with van der Waals surface area (Å²) in [6.07, 6.45) is 2.59. The van der Waals surface area contributed by atoms with Crippen LogP contribution in [0.2, 0.25) is 0 Å². The summed E-state index contributed by atoms with van der Waals surface area (Å²) in [5.41, 5.74) is 4.78. The Labute approximate surface area is 186 Å². The lowest BCUT2D eigenvalue weighted by Crippen LogP contribution is -2.14. The van der Waals surface area contributed by atoms with E-state index in [4.69, 9.17) is 5.11 Å². The van der Waals surface area contributed by atoms with Crippen LogP contribution >= 0.6 is 0 Å². The highest BCUT2D eigenvalue weighted by molar-refractivity contribution is 6.12. The third kappa shape index (κ3) is 4.50. The highest BCUT2D eigenvalue weighted by atomic mass is 16.3. The number of phenolic OH excluding ortho intramolecular Hbond substituents is 1. The highest BCUT2D eigenvalue weighted by Crippen LogP contribution is 2.39. The Kier molecular flexibility index (Phi) is 6.52. The van der Waals surface area contributed by atoms with Crippen LogP contribution in [-0.4, -0.2) is 35.1 Å². The van der Waals surface area contributed by atoms with Crippen LogP contribution in [0.4, 0.5) is 11.4 Å². The van der Waals surface area contributed by atoms with Crippen LogP contribution in [0.1, 0.15) is 45.5 Å². The number of aliphatic hydroxyl groups excluding tert-OH is 1. The number of fused-ring (bicyclic) bond motifs is 1. The summed E-state index contributed by atoms with van der Waals surface area (Å²) in [6.45, 7) is 0.935. The van der Waals surface area contributed by atoms with Crippen LogP contribution in [0, 0.1) is 0 Å². The number of aliphatic hydroxyl groups is 1. The van der Waals surface area contributed by atoms with Crippen LogP contribution in [0.5, 0.6) is 5.75 Å². The first kappa shape index (κ1) is 21.6. The monoisotopic (exact) mass is 430 g/mol. The maximum atomic E-state index is 12.8. The van der Waals surface area contributed by atoms with E-state index in [1.165, 1.54) is 0 Å². The summed E-state index contributed by atoms with van der Waals surface area (Å²) in [5, 5.41) is 25.2. The van der Waals surface area contributed by atoms with E-state index < -0.39 is 0 Å². The largest absolute Gasteiger partial charge is 0.507 e. The molecule has 0 saturated heterocycles. The lowest BCUT2D eigenvalue weighted by Gasteiger charge is -2.15. The van der Waals surface area contributed by atoms with Gasteiger partial charge in [0.15, 0.2) is 5.78 Å². The van der Waals surface area contributed by atoms with E-state index in [0.29, 0.717) is 35.2 Å². The average Bonchev–Trinajstić information content (AvgIpc) is 3.20. The maximum Gasteiger partial charge on any atom is 0.255 e. The van der Waals surface area contributed by atoms with E-state index in [-0.39, 0.29) is 24.0 Å². The van der Waals surface area contributed by atoms with Gasteiger partial charge in [-0.3, -0.25) is 9.59 Å². The van der Waals surface area contributed by atoms with E-state index in [9.17, 15) is 14.7 Å². The van der Waals surface area contributed by atoms with Crippen LogP contribution in [0.15, 0.2) is 60.7 Å². The molecular formula is C26H26N2O4. The third-order valence-electron chi connectivity index (χ3n) is 5.70. The second-order valence-electron chi connectivity index (χ2n) is 7.84. The third-order valence-corrected chi connectivity index (χ3v) is 5.70. The van der Waals surface area contributed by atoms with E-state index in [2.05, 4.69) is 10.6 Å². The van der Waals surface area contributed by atoms with Gasteiger partial charge in [0, 0.05) is 42.0 Å². The Bertz CT molecular complexity index is 1140. The summed E-state index contributed by atoms with van der Waals surface area (Å²) in [5.74, 6) is -0.125. The molecule has 0 bridgehead atoms. The summed E-state index contributed by atoms with van der Waals surface area (Å²) in [7, 11) is 0. The molecule has 0 aromatic heterocycles. The molecule has 0 radical (unpaired) electrons. The molecule has 0 unspecified atom stereocenters. The van der Waals surface area contributed by atoms with Crippen molar-refractivity contribution in [2.24, 2.45) is 0 Å². The standard InChI is InChI=1S/C26H26N2O4/c29-16-4-3-15-27-18-9-7-17(8-10-18)26(32)28-22-13-11-19(20-5-1-2-6-23(20)30)21-12-14-24(31)25(21)22/h1-2,5-11,13,27,29-30H,3-4,12,14-16H2,(H,28,32). The fourth-order valence-electron chi connectivity index (χ4n) is 4.05. The number of carbonyl (C=O) groups is 2. The Morgan fingerprint density at radius 1 is 0.906 bits per heavy atom. The van der Waals surface area contributed by atoms with Gasteiger partial charge in [0.25, 0.3) is 5.91 Å². The van der Waals surface area contributed by atoms with Crippen molar-refractivity contribution in [3.05, 3.63) is 77.4 Å². The minimum absolute atomic E-state index is 0.00463. The van der Waals surface area contributed by atoms with Crippen molar-refractivity contribution >= 4 is 23.1 Å². The van der Waals surface area contributed by atoms with Crippen LogP contribution in [0.25, 0.3) is 11.1 Å². The van der Waals surface area contributed by atoms with Gasteiger partial charge in [-0.05, 0) is 66.8 Å². The smallest absolute Gasteiger partial charge is 0.255 e. The van der Waals surface area contributed by atoms with Crippen LogP contribution in [0.3, 0.4) is 0 Å². The first-order chi connectivity index (χ1) is 15.6. The van der Waals surface area contributed by atoms with Crippen LogP contribution < -0.4 is 10.6 Å². The number of phenols is 1. The van der Waals surface area contributed by atoms with E-state index in [1.54, 1.807) is 30.3 Å².